The Morgan fingerprint density at radius 3 is 2.85 bits per heavy atom. The lowest BCUT2D eigenvalue weighted by Crippen LogP contribution is -2.31. The normalized spacial score (nSPS) is 25.9. The summed E-state index contributed by atoms with van der Waals surface area (Å²) < 4.78 is 6.08. The zero-order chi connectivity index (χ0) is 18.4. The van der Waals surface area contributed by atoms with Crippen molar-refractivity contribution in [2.24, 2.45) is 5.92 Å². The minimum absolute atomic E-state index is 0.187. The van der Waals surface area contributed by atoms with Gasteiger partial charge in [0.2, 0.25) is 0 Å². The molecule has 2 aromatic carbocycles. The molecule has 0 radical (unpaired) electrons. The molecule has 0 aromatic heterocycles. The van der Waals surface area contributed by atoms with Crippen LogP contribution >= 0.6 is 11.8 Å². The van der Waals surface area contributed by atoms with E-state index in [1.165, 1.54) is 5.56 Å². The Labute approximate surface area is 162 Å². The lowest BCUT2D eigenvalue weighted by atomic mass is 9.76. The van der Waals surface area contributed by atoms with E-state index in [-0.39, 0.29) is 12.0 Å². The summed E-state index contributed by atoms with van der Waals surface area (Å²) in [5.41, 5.74) is 3.69. The molecule has 3 unspecified atom stereocenters. The molecule has 138 valence electrons. The van der Waals surface area contributed by atoms with Crippen LogP contribution in [0.25, 0.3) is 0 Å². The van der Waals surface area contributed by atoms with E-state index >= 15 is 0 Å². The van der Waals surface area contributed by atoms with Crippen molar-refractivity contribution in [1.29, 1.82) is 0 Å². The van der Waals surface area contributed by atoms with Crippen LogP contribution in [0.4, 0.5) is 5.69 Å². The predicted octanol–water partition coefficient (Wildman–Crippen LogP) is 4.71. The molecule has 5 rings (SSSR count). The van der Waals surface area contributed by atoms with Crippen LogP contribution in [0, 0.1) is 5.92 Å². The van der Waals surface area contributed by atoms with Gasteiger partial charge in [0, 0.05) is 23.1 Å². The fourth-order valence-electron chi connectivity index (χ4n) is 4.31. The van der Waals surface area contributed by atoms with Gasteiger partial charge in [-0.1, -0.05) is 24.3 Å². The molecule has 4 nitrogen and oxygen atoms in total. The van der Waals surface area contributed by atoms with Gasteiger partial charge < -0.3 is 15.2 Å². The van der Waals surface area contributed by atoms with Gasteiger partial charge in [0.1, 0.15) is 11.9 Å². The number of carboxylic acid groups (broad SMARTS) is 1. The summed E-state index contributed by atoms with van der Waals surface area (Å²) in [7, 11) is 0. The first-order valence-corrected chi connectivity index (χ1v) is 10.5. The van der Waals surface area contributed by atoms with Crippen molar-refractivity contribution in [1.82, 2.24) is 0 Å². The molecule has 0 bridgehead atoms. The van der Waals surface area contributed by atoms with Crippen molar-refractivity contribution in [2.45, 2.75) is 24.5 Å². The van der Waals surface area contributed by atoms with Crippen LogP contribution in [0.2, 0.25) is 0 Å². The molecule has 0 spiro atoms. The van der Waals surface area contributed by atoms with Crippen LogP contribution in [0.3, 0.4) is 0 Å². The quantitative estimate of drug-likeness (QED) is 0.754. The minimum Gasteiger partial charge on any atom is -0.489 e. The SMILES string of the molecule is O=C(O)c1ccc2c(c1)C1C=CCC1C(c1cccc(OC3CSC3)c1)N2. The molecular formula is C22H21NO3S. The van der Waals surface area contributed by atoms with Crippen LogP contribution < -0.4 is 10.1 Å². The average molecular weight is 379 g/mol. The number of hydrogen-bond acceptors (Lipinski definition) is 4. The number of rotatable bonds is 4. The number of aromatic carboxylic acids is 1. The fraction of sp³-hybridized carbons (Fsp3) is 0.318. The molecule has 3 aliphatic rings. The summed E-state index contributed by atoms with van der Waals surface area (Å²) >= 11 is 1.92. The Bertz CT molecular complexity index is 922. The van der Waals surface area contributed by atoms with Gasteiger partial charge >= 0.3 is 5.97 Å². The Kier molecular flexibility index (Phi) is 4.12. The molecule has 5 heteroatoms. The van der Waals surface area contributed by atoms with Gasteiger partial charge in [-0.15, -0.1) is 0 Å². The molecule has 3 atom stereocenters. The maximum Gasteiger partial charge on any atom is 0.335 e. The third-order valence-electron chi connectivity index (χ3n) is 5.74. The number of fused-ring (bicyclic) bond motifs is 3. The number of allylic oxidation sites excluding steroid dienone is 2. The van der Waals surface area contributed by atoms with E-state index in [0.29, 0.717) is 17.6 Å². The number of thioether (sulfide) groups is 1. The van der Waals surface area contributed by atoms with E-state index in [4.69, 9.17) is 4.74 Å². The molecule has 1 aliphatic carbocycles. The lowest BCUT2D eigenvalue weighted by molar-refractivity contribution is 0.0696. The fourth-order valence-corrected chi connectivity index (χ4v) is 4.88. The third-order valence-corrected chi connectivity index (χ3v) is 6.95. The Balaban J connectivity index is 1.47. The number of nitrogens with one attached hydrogen (secondary N) is 1. The Morgan fingerprint density at radius 1 is 1.19 bits per heavy atom. The first kappa shape index (κ1) is 16.8. The van der Waals surface area contributed by atoms with E-state index in [0.717, 1.165) is 34.9 Å². The van der Waals surface area contributed by atoms with Crippen molar-refractivity contribution >= 4 is 23.4 Å². The molecular weight excluding hydrogens is 358 g/mol. The lowest BCUT2D eigenvalue weighted by Gasteiger charge is -2.38. The van der Waals surface area contributed by atoms with Gasteiger partial charge in [0.15, 0.2) is 0 Å². The second-order valence-corrected chi connectivity index (χ2v) is 8.51. The summed E-state index contributed by atoms with van der Waals surface area (Å²) in [6, 6.07) is 14.0. The zero-order valence-corrected chi connectivity index (χ0v) is 15.6. The first-order valence-electron chi connectivity index (χ1n) is 9.34. The van der Waals surface area contributed by atoms with E-state index < -0.39 is 5.97 Å². The van der Waals surface area contributed by atoms with Gasteiger partial charge in [-0.3, -0.25) is 0 Å². The van der Waals surface area contributed by atoms with Gasteiger partial charge in [-0.2, -0.15) is 11.8 Å². The highest BCUT2D eigenvalue weighted by atomic mass is 32.2. The highest BCUT2D eigenvalue weighted by Gasteiger charge is 2.38. The minimum atomic E-state index is -0.877. The monoisotopic (exact) mass is 379 g/mol. The summed E-state index contributed by atoms with van der Waals surface area (Å²) in [6.45, 7) is 0. The Hall–Kier alpha value is -2.40. The number of carboxylic acids is 1. The molecule has 0 amide bonds. The van der Waals surface area contributed by atoms with E-state index in [2.05, 4.69) is 35.7 Å². The van der Waals surface area contributed by atoms with Crippen molar-refractivity contribution in [3.8, 4) is 5.75 Å². The van der Waals surface area contributed by atoms with Gasteiger partial charge in [-0.05, 0) is 53.8 Å². The highest BCUT2D eigenvalue weighted by molar-refractivity contribution is 8.00. The van der Waals surface area contributed by atoms with Crippen molar-refractivity contribution in [3.05, 3.63) is 71.3 Å². The van der Waals surface area contributed by atoms with Crippen molar-refractivity contribution in [3.63, 3.8) is 0 Å². The average Bonchev–Trinajstić information content (AvgIpc) is 3.14. The van der Waals surface area contributed by atoms with Crippen LogP contribution in [0.1, 0.15) is 39.9 Å². The maximum absolute atomic E-state index is 11.4. The third kappa shape index (κ3) is 3.00. The molecule has 2 heterocycles. The second kappa shape index (κ2) is 6.64. The highest BCUT2D eigenvalue weighted by Crippen LogP contribution is 2.50. The second-order valence-electron chi connectivity index (χ2n) is 7.43. The smallest absolute Gasteiger partial charge is 0.335 e. The summed E-state index contributed by atoms with van der Waals surface area (Å²) in [5, 5.41) is 13.0. The van der Waals surface area contributed by atoms with E-state index in [1.807, 2.05) is 30.0 Å². The largest absolute Gasteiger partial charge is 0.489 e. The standard InChI is InChI=1S/C22H21NO3S/c24-22(25)14-7-8-20-19(10-14)17-5-2-6-18(17)21(23-20)13-3-1-4-15(9-13)26-16-11-27-12-16/h1-5,7-10,16-18,21,23H,6,11-12H2,(H,24,25). The number of benzene rings is 2. The number of hydrogen-bond donors (Lipinski definition) is 2. The first-order chi connectivity index (χ1) is 13.2. The molecule has 2 aliphatic heterocycles. The van der Waals surface area contributed by atoms with Gasteiger partial charge in [-0.25, -0.2) is 4.79 Å². The number of ether oxygens (including phenoxy) is 1. The van der Waals surface area contributed by atoms with Crippen LogP contribution in [0.15, 0.2) is 54.6 Å². The van der Waals surface area contributed by atoms with Crippen molar-refractivity contribution in [2.75, 3.05) is 16.8 Å². The van der Waals surface area contributed by atoms with Crippen LogP contribution in [0.5, 0.6) is 5.75 Å². The van der Waals surface area contributed by atoms with E-state index in [9.17, 15) is 9.90 Å². The molecule has 0 saturated carbocycles. The molecule has 1 fully saturated rings. The van der Waals surface area contributed by atoms with Crippen LogP contribution in [-0.2, 0) is 0 Å². The van der Waals surface area contributed by atoms with Gasteiger partial charge in [0.25, 0.3) is 0 Å². The Morgan fingerprint density at radius 2 is 2.07 bits per heavy atom. The zero-order valence-electron chi connectivity index (χ0n) is 14.8. The van der Waals surface area contributed by atoms with E-state index in [1.54, 1.807) is 6.07 Å². The number of carbonyl (C=O) groups is 1. The molecule has 27 heavy (non-hydrogen) atoms. The summed E-state index contributed by atoms with van der Waals surface area (Å²) in [5.74, 6) is 2.83. The summed E-state index contributed by atoms with van der Waals surface area (Å²) in [4.78, 5) is 11.4. The molecule has 1 saturated heterocycles. The molecule has 2 aromatic rings. The van der Waals surface area contributed by atoms with Crippen molar-refractivity contribution < 1.29 is 14.6 Å². The number of anilines is 1. The summed E-state index contributed by atoms with van der Waals surface area (Å²) in [6.07, 6.45) is 5.78. The van der Waals surface area contributed by atoms with Crippen LogP contribution in [-0.4, -0.2) is 28.7 Å². The topological polar surface area (TPSA) is 58.6 Å². The maximum atomic E-state index is 11.4. The molecule has 2 N–H and O–H groups in total. The van der Waals surface area contributed by atoms with Gasteiger partial charge in [0.05, 0.1) is 11.6 Å². The predicted molar refractivity (Wildman–Crippen MR) is 108 cm³/mol.